The number of benzene rings is 2. The normalized spacial score (nSPS) is 15.5. The van der Waals surface area contributed by atoms with Crippen LogP contribution in [-0.2, 0) is 6.42 Å². The predicted molar refractivity (Wildman–Crippen MR) is 130 cm³/mol. The average Bonchev–Trinajstić information content (AvgIpc) is 3.13. The van der Waals surface area contributed by atoms with Crippen LogP contribution in [0.3, 0.4) is 0 Å². The van der Waals surface area contributed by atoms with Crippen LogP contribution >= 0.6 is 0 Å². The van der Waals surface area contributed by atoms with Crippen molar-refractivity contribution in [3.63, 3.8) is 0 Å². The molecule has 1 heterocycles. The van der Waals surface area contributed by atoms with Crippen molar-refractivity contribution in [2.45, 2.75) is 33.6 Å². The van der Waals surface area contributed by atoms with E-state index in [2.05, 4.69) is 29.7 Å². The first-order valence-corrected chi connectivity index (χ1v) is 10.8. The Kier molecular flexibility index (Phi) is 6.10. The van der Waals surface area contributed by atoms with E-state index in [-0.39, 0.29) is 22.6 Å². The van der Waals surface area contributed by atoms with Gasteiger partial charge in [0.05, 0.1) is 29.5 Å². The smallest absolute Gasteiger partial charge is 0.296 e. The van der Waals surface area contributed by atoms with E-state index in [9.17, 15) is 14.9 Å². The zero-order valence-corrected chi connectivity index (χ0v) is 19.5. The Morgan fingerprint density at radius 3 is 2.59 bits per heavy atom. The first-order chi connectivity index (χ1) is 16.2. The summed E-state index contributed by atoms with van der Waals surface area (Å²) >= 11 is 0. The topological polar surface area (TPSA) is 119 Å². The Morgan fingerprint density at radius 1 is 1.18 bits per heavy atom. The first-order valence-electron chi connectivity index (χ1n) is 10.8. The van der Waals surface area contributed by atoms with Crippen LogP contribution in [0.1, 0.15) is 47.7 Å². The van der Waals surface area contributed by atoms with Gasteiger partial charge in [-0.15, -0.1) is 0 Å². The fraction of sp³-hybridized carbons (Fsp3) is 0.280. The number of nitrogens with one attached hydrogen (secondary N) is 2. The number of nitro groups is 1. The number of amides is 1. The third kappa shape index (κ3) is 4.63. The number of methoxy groups -OCH3 is 1. The molecule has 0 spiro atoms. The molecule has 9 nitrogen and oxygen atoms in total. The lowest BCUT2D eigenvalue weighted by Gasteiger charge is -2.29. The van der Waals surface area contributed by atoms with E-state index in [0.717, 1.165) is 17.0 Å². The molecule has 0 bridgehead atoms. The molecule has 1 aromatic heterocycles. The molecule has 1 aliphatic carbocycles. The van der Waals surface area contributed by atoms with Crippen molar-refractivity contribution in [1.29, 1.82) is 0 Å². The van der Waals surface area contributed by atoms with Gasteiger partial charge in [-0.3, -0.25) is 20.3 Å². The first kappa shape index (κ1) is 23.0. The number of furan rings is 1. The number of hydrogen-bond acceptors (Lipinski definition) is 7. The third-order valence-electron chi connectivity index (χ3n) is 5.74. The van der Waals surface area contributed by atoms with Gasteiger partial charge in [-0.1, -0.05) is 32.0 Å². The number of hydrazone groups is 1. The highest BCUT2D eigenvalue weighted by atomic mass is 16.6. The van der Waals surface area contributed by atoms with Gasteiger partial charge in [0.25, 0.3) is 11.6 Å². The molecule has 0 unspecified atom stereocenters. The molecule has 176 valence electrons. The predicted octanol–water partition coefficient (Wildman–Crippen LogP) is 5.55. The highest BCUT2D eigenvalue weighted by molar-refractivity contribution is 6.10. The second kappa shape index (κ2) is 9.01. The van der Waals surface area contributed by atoms with Crippen LogP contribution in [0.25, 0.3) is 0 Å². The Bertz CT molecular complexity index is 1280. The maximum atomic E-state index is 13.1. The highest BCUT2D eigenvalue weighted by Crippen LogP contribution is 2.39. The Hall–Kier alpha value is -4.14. The van der Waals surface area contributed by atoms with Gasteiger partial charge in [-0.05, 0) is 43.0 Å². The van der Waals surface area contributed by atoms with E-state index in [1.165, 1.54) is 19.2 Å². The number of nitro benzene ring substituents is 1. The fourth-order valence-electron chi connectivity index (χ4n) is 4.15. The van der Waals surface area contributed by atoms with Crippen LogP contribution in [0.2, 0.25) is 0 Å². The second-order valence-corrected chi connectivity index (χ2v) is 9.00. The molecule has 1 amide bonds. The molecule has 3 aromatic rings. The van der Waals surface area contributed by atoms with E-state index in [1.807, 2.05) is 30.3 Å². The van der Waals surface area contributed by atoms with E-state index in [1.54, 1.807) is 13.0 Å². The molecule has 4 rings (SSSR count). The summed E-state index contributed by atoms with van der Waals surface area (Å²) in [5.74, 6) is 0.550. The van der Waals surface area contributed by atoms with Crippen LogP contribution < -0.4 is 15.5 Å². The molecular weight excluding hydrogens is 436 g/mol. The second-order valence-electron chi connectivity index (χ2n) is 9.00. The van der Waals surface area contributed by atoms with Crippen LogP contribution in [0.15, 0.2) is 58.0 Å². The highest BCUT2D eigenvalue weighted by Gasteiger charge is 2.36. The van der Waals surface area contributed by atoms with Gasteiger partial charge in [0, 0.05) is 17.5 Å². The maximum absolute atomic E-state index is 13.1. The monoisotopic (exact) mass is 462 g/mol. The minimum Gasteiger partial charge on any atom is -0.496 e. The van der Waals surface area contributed by atoms with Gasteiger partial charge in [0.2, 0.25) is 0 Å². The van der Waals surface area contributed by atoms with Crippen molar-refractivity contribution in [2.24, 2.45) is 10.5 Å². The number of hydrogen-bond donors (Lipinski definition) is 2. The summed E-state index contributed by atoms with van der Waals surface area (Å²) in [7, 11) is 1.42. The zero-order chi connectivity index (χ0) is 24.5. The molecule has 2 aromatic carbocycles. The molecule has 0 fully saturated rings. The van der Waals surface area contributed by atoms with Crippen molar-refractivity contribution in [3.05, 3.63) is 81.3 Å². The number of ether oxygens (including phenoxy) is 1. The molecular formula is C25H26N4O5. The summed E-state index contributed by atoms with van der Waals surface area (Å²) in [5.41, 5.74) is 5.87. The number of para-hydroxylation sites is 1. The number of carbonyl (C=O) groups is 1. The summed E-state index contributed by atoms with van der Waals surface area (Å²) in [5, 5.41) is 18.7. The van der Waals surface area contributed by atoms with Crippen molar-refractivity contribution in [2.75, 3.05) is 17.9 Å². The van der Waals surface area contributed by atoms with Gasteiger partial charge in [-0.25, -0.2) is 0 Å². The Morgan fingerprint density at radius 2 is 1.91 bits per heavy atom. The quantitative estimate of drug-likeness (QED) is 0.366. The van der Waals surface area contributed by atoms with Crippen molar-refractivity contribution in [3.8, 4) is 5.75 Å². The van der Waals surface area contributed by atoms with Crippen LogP contribution in [0.4, 0.5) is 17.1 Å². The van der Waals surface area contributed by atoms with E-state index >= 15 is 0 Å². The summed E-state index contributed by atoms with van der Waals surface area (Å²) in [6.45, 7) is 6.04. The maximum Gasteiger partial charge on any atom is 0.296 e. The lowest BCUT2D eigenvalue weighted by atomic mass is 9.75. The molecule has 0 aliphatic heterocycles. The van der Waals surface area contributed by atoms with Gasteiger partial charge < -0.3 is 14.5 Å². The molecule has 9 heteroatoms. The molecule has 0 atom stereocenters. The van der Waals surface area contributed by atoms with Crippen LogP contribution in [0, 0.1) is 22.5 Å². The molecule has 1 aliphatic rings. The average molecular weight is 463 g/mol. The van der Waals surface area contributed by atoms with Gasteiger partial charge in [0.15, 0.2) is 5.76 Å². The Labute approximate surface area is 197 Å². The van der Waals surface area contributed by atoms with Crippen LogP contribution in [-0.4, -0.2) is 23.7 Å². The number of rotatable bonds is 6. The molecule has 2 N–H and O–H groups in total. The number of anilines is 2. The molecule has 0 radical (unpaired) electrons. The molecule has 0 saturated carbocycles. The summed E-state index contributed by atoms with van der Waals surface area (Å²) in [6.07, 6.45) is 1.34. The summed E-state index contributed by atoms with van der Waals surface area (Å²) in [4.78, 5) is 24.0. The Balaban J connectivity index is 1.67. The summed E-state index contributed by atoms with van der Waals surface area (Å²) in [6, 6.07) is 13.9. The fourth-order valence-corrected chi connectivity index (χ4v) is 4.15. The number of nitrogens with zero attached hydrogens (tertiary/aromatic N) is 2. The minimum absolute atomic E-state index is 0.0598. The van der Waals surface area contributed by atoms with Crippen molar-refractivity contribution in [1.82, 2.24) is 0 Å². The number of carbonyl (C=O) groups excluding carboxylic acids is 1. The lowest BCUT2D eigenvalue weighted by molar-refractivity contribution is -0.384. The van der Waals surface area contributed by atoms with Crippen molar-refractivity contribution >= 4 is 28.7 Å². The van der Waals surface area contributed by atoms with Gasteiger partial charge in [0.1, 0.15) is 17.2 Å². The van der Waals surface area contributed by atoms with E-state index < -0.39 is 10.8 Å². The SMILES string of the molecule is COc1ccc(NC(=O)c2oc3c(c2C)/C(=N\Nc2ccccc2)CC(C)(C)C3)c([N+](=O)[O-])c1. The molecule has 34 heavy (non-hydrogen) atoms. The largest absolute Gasteiger partial charge is 0.496 e. The zero-order valence-electron chi connectivity index (χ0n) is 19.5. The van der Waals surface area contributed by atoms with Gasteiger partial charge >= 0.3 is 0 Å². The summed E-state index contributed by atoms with van der Waals surface area (Å²) < 4.78 is 11.1. The minimum atomic E-state index is -0.569. The lowest BCUT2D eigenvalue weighted by Crippen LogP contribution is -2.27. The standard InChI is InChI=1S/C25H26N4O5/c1-15-22-19(28-27-16-8-6-5-7-9-16)13-25(2,3)14-21(22)34-23(15)24(30)26-18-11-10-17(33-4)12-20(18)29(31)32/h5-12,27H,13-14H2,1-4H3,(H,26,30)/b28-19-. The van der Waals surface area contributed by atoms with E-state index in [4.69, 9.17) is 9.15 Å². The van der Waals surface area contributed by atoms with E-state index in [0.29, 0.717) is 29.9 Å². The third-order valence-corrected chi connectivity index (χ3v) is 5.74. The molecule has 0 saturated heterocycles. The van der Waals surface area contributed by atoms with Gasteiger partial charge in [-0.2, -0.15) is 5.10 Å². The van der Waals surface area contributed by atoms with Crippen molar-refractivity contribution < 1.29 is 18.9 Å². The number of fused-ring (bicyclic) bond motifs is 1. The van der Waals surface area contributed by atoms with Crippen LogP contribution in [0.5, 0.6) is 5.75 Å².